The van der Waals surface area contributed by atoms with Crippen molar-refractivity contribution in [1.29, 1.82) is 0 Å². The molecule has 10 N–H and O–H groups in total. The lowest BCUT2D eigenvalue weighted by atomic mass is 9.82. The number of hydrogen-bond donors (Lipinski definition) is 8. The average molecular weight is 1300 g/mol. The van der Waals surface area contributed by atoms with Gasteiger partial charge < -0.3 is 71.6 Å². The minimum absolute atomic E-state index is 0.000940. The molecular weight excluding hydrogens is 1210 g/mol. The van der Waals surface area contributed by atoms with Gasteiger partial charge in [0.05, 0.1) is 63.9 Å². The smallest absolute Gasteiger partial charge is 0.407 e. The Morgan fingerprint density at radius 2 is 1.29 bits per heavy atom. The number of carbonyl (C=O) groups excluding carboxylic acids is 7. The Labute approximate surface area is 553 Å². The first-order chi connectivity index (χ1) is 46.1. The SMILES string of the molecule is CCCCc1nc2c(N)nc3ccccc3c2n1Cc1ccc(CNC(=O)OCc2ccc(NC(=O)[C@H](CCCNC(N)=O)NC(=O)[C@@H](NC(=O)CCOCCOCCOCCOCCNC(=O)CCC(=O)C3Cc4ccccc4C#Cc4ccccc43)C(C)C)cc2)cc1. The van der Waals surface area contributed by atoms with Crippen molar-refractivity contribution >= 4 is 75.0 Å². The van der Waals surface area contributed by atoms with E-state index in [1.807, 2.05) is 97.1 Å². The Hall–Kier alpha value is -9.73. The molecule has 1 unspecified atom stereocenters. The van der Waals surface area contributed by atoms with Crippen molar-refractivity contribution in [1.82, 2.24) is 41.1 Å². The number of nitrogens with zero attached hydrogens (tertiary/aromatic N) is 3. The number of amides is 7. The molecule has 95 heavy (non-hydrogen) atoms. The molecule has 1 aliphatic carbocycles. The number of aryl methyl sites for hydroxylation is 1. The van der Waals surface area contributed by atoms with Gasteiger partial charge in [0.1, 0.15) is 35.8 Å². The van der Waals surface area contributed by atoms with Crippen molar-refractivity contribution in [3.05, 3.63) is 166 Å². The molecule has 0 radical (unpaired) electrons. The molecule has 0 fully saturated rings. The summed E-state index contributed by atoms with van der Waals surface area (Å²) in [6, 6.07) is 35.4. The van der Waals surface area contributed by atoms with Gasteiger partial charge in [-0.15, -0.1) is 0 Å². The molecule has 7 amide bonds. The Morgan fingerprint density at radius 1 is 0.642 bits per heavy atom. The van der Waals surface area contributed by atoms with E-state index >= 15 is 0 Å². The van der Waals surface area contributed by atoms with Crippen LogP contribution in [0.1, 0.15) is 116 Å². The third-order valence-electron chi connectivity index (χ3n) is 16.0. The molecule has 23 heteroatoms. The first-order valence-corrected chi connectivity index (χ1v) is 32.5. The number of nitrogens with one attached hydrogen (secondary N) is 6. The molecule has 3 atom stereocenters. The molecule has 8 rings (SSSR count). The van der Waals surface area contributed by atoms with E-state index in [4.69, 9.17) is 40.1 Å². The van der Waals surface area contributed by atoms with Crippen LogP contribution in [0, 0.1) is 17.8 Å². The number of nitrogen functional groups attached to an aromatic ring is 1. The summed E-state index contributed by atoms with van der Waals surface area (Å²) >= 11 is 0. The lowest BCUT2D eigenvalue weighted by molar-refractivity contribution is -0.132. The minimum atomic E-state index is -1.06. The van der Waals surface area contributed by atoms with Crippen LogP contribution in [0.2, 0.25) is 0 Å². The monoisotopic (exact) mass is 1300 g/mol. The highest BCUT2D eigenvalue weighted by atomic mass is 16.6. The standard InChI is InChI=1S/C72H87N11O12/c1-4-5-20-62-81-66-67(57-17-10-11-18-59(57)79-68(66)73)83(62)46-50-23-21-49(22-24-50)45-77-72(90)95-47-51-25-29-55(30-26-51)78-69(87)60(19-12-34-76-71(74)89)80-70(88)65(48(2)3)82-64(86)33-36-91-38-40-93-42-43-94-41-39-92-37-35-75-63(85)32-31-61(84)58-44-54-15-7-6-13-52(54)27-28-53-14-8-9-16-56(53)58/h6-11,13-18,21-26,29-30,48,58,60,65H,4-5,12,19-20,31-47H2,1-3H3,(H2,73,79)(H,75,85)(H,77,90)(H,78,87)(H,80,88)(H,82,86)(H3,74,76,89)/t58?,60-,65-/m0/s1. The van der Waals surface area contributed by atoms with Gasteiger partial charge in [0.15, 0.2) is 5.82 Å². The number of pyridine rings is 1. The Kier molecular flexibility index (Phi) is 27.9. The van der Waals surface area contributed by atoms with Crippen LogP contribution in [0.25, 0.3) is 21.9 Å². The van der Waals surface area contributed by atoms with Crippen molar-refractivity contribution in [2.24, 2.45) is 11.7 Å². The van der Waals surface area contributed by atoms with Gasteiger partial charge in [-0.05, 0) is 89.8 Å². The highest BCUT2D eigenvalue weighted by Gasteiger charge is 2.30. The van der Waals surface area contributed by atoms with Crippen LogP contribution in [0.4, 0.5) is 21.1 Å². The van der Waals surface area contributed by atoms with Crippen molar-refractivity contribution in [3.63, 3.8) is 0 Å². The zero-order chi connectivity index (χ0) is 67.3. The van der Waals surface area contributed by atoms with Gasteiger partial charge in [0.2, 0.25) is 23.6 Å². The first kappa shape index (κ1) is 71.1. The highest BCUT2D eigenvalue weighted by molar-refractivity contribution is 6.06. The number of unbranched alkanes of at least 4 members (excludes halogenated alkanes) is 1. The fraction of sp³-hybridized carbons (Fsp3) is 0.403. The number of alkyl carbamates (subject to hydrolysis) is 1. The number of fused-ring (bicyclic) bond motifs is 5. The molecule has 7 aromatic rings. The van der Waals surface area contributed by atoms with Gasteiger partial charge in [-0.1, -0.05) is 130 Å². The summed E-state index contributed by atoms with van der Waals surface area (Å²) in [5.74, 6) is 5.34. The fourth-order valence-electron chi connectivity index (χ4n) is 10.8. The summed E-state index contributed by atoms with van der Waals surface area (Å²) in [5, 5.41) is 17.5. The predicted molar refractivity (Wildman–Crippen MR) is 362 cm³/mol. The molecule has 0 saturated carbocycles. The van der Waals surface area contributed by atoms with Gasteiger partial charge in [0, 0.05) is 80.0 Å². The molecule has 0 spiro atoms. The van der Waals surface area contributed by atoms with Crippen molar-refractivity contribution in [2.45, 2.75) is 116 Å². The summed E-state index contributed by atoms with van der Waals surface area (Å²) < 4.78 is 30.1. The van der Waals surface area contributed by atoms with Crippen LogP contribution in [0.3, 0.4) is 0 Å². The third kappa shape index (κ3) is 22.2. The topological polar surface area (TPSA) is 321 Å². The number of hydrogen-bond acceptors (Lipinski definition) is 15. The lowest BCUT2D eigenvalue weighted by Crippen LogP contribution is -2.54. The number of para-hydroxylation sites is 1. The Morgan fingerprint density at radius 3 is 2.02 bits per heavy atom. The van der Waals surface area contributed by atoms with Crippen molar-refractivity contribution in [2.75, 3.05) is 77.0 Å². The number of aromatic nitrogens is 3. The third-order valence-corrected chi connectivity index (χ3v) is 16.0. The van der Waals surface area contributed by atoms with Gasteiger partial charge in [-0.3, -0.25) is 24.0 Å². The van der Waals surface area contributed by atoms with Crippen molar-refractivity contribution in [3.8, 4) is 11.8 Å². The van der Waals surface area contributed by atoms with Crippen LogP contribution in [0.5, 0.6) is 0 Å². The number of imidazole rings is 1. The van der Waals surface area contributed by atoms with Crippen LogP contribution < -0.4 is 43.4 Å². The van der Waals surface area contributed by atoms with Gasteiger partial charge in [-0.25, -0.2) is 19.6 Å². The Bertz CT molecular complexity index is 3790. The maximum absolute atomic E-state index is 13.7. The molecule has 0 aliphatic heterocycles. The number of primary amides is 1. The minimum Gasteiger partial charge on any atom is -0.445 e. The van der Waals surface area contributed by atoms with Gasteiger partial charge >= 0.3 is 12.1 Å². The number of rotatable bonds is 38. The van der Waals surface area contributed by atoms with Crippen LogP contribution in [-0.2, 0) is 80.2 Å². The van der Waals surface area contributed by atoms with E-state index in [0.29, 0.717) is 74.9 Å². The van der Waals surface area contributed by atoms with Gasteiger partial charge in [-0.2, -0.15) is 0 Å². The number of urea groups is 1. The number of anilines is 2. The summed E-state index contributed by atoms with van der Waals surface area (Å²) in [6.45, 7) is 9.04. The highest BCUT2D eigenvalue weighted by Crippen LogP contribution is 2.32. The zero-order valence-corrected chi connectivity index (χ0v) is 54.3. The maximum Gasteiger partial charge on any atom is 0.407 e. The number of nitrogens with two attached hydrogens (primary N) is 2. The molecular formula is C72H87N11O12. The van der Waals surface area contributed by atoms with E-state index in [1.54, 1.807) is 38.1 Å². The molecule has 23 nitrogen and oxygen atoms in total. The fourth-order valence-corrected chi connectivity index (χ4v) is 10.8. The Balaban J connectivity index is 0.671. The predicted octanol–water partition coefficient (Wildman–Crippen LogP) is 7.66. The molecule has 2 heterocycles. The second kappa shape index (κ2) is 37.2. The van der Waals surface area contributed by atoms with E-state index in [-0.39, 0.29) is 95.3 Å². The molecule has 0 saturated heterocycles. The second-order valence-corrected chi connectivity index (χ2v) is 23.4. The quantitative estimate of drug-likeness (QED) is 0.0136. The molecule has 1 aliphatic rings. The number of carbonyl (C=O) groups is 7. The van der Waals surface area contributed by atoms with Crippen LogP contribution in [-0.4, -0.2) is 134 Å². The summed E-state index contributed by atoms with van der Waals surface area (Å²) in [5.41, 5.74) is 20.8. The first-order valence-electron chi connectivity index (χ1n) is 32.5. The summed E-state index contributed by atoms with van der Waals surface area (Å²) in [7, 11) is 0. The number of ether oxygens (including phenoxy) is 5. The number of benzene rings is 5. The van der Waals surface area contributed by atoms with Crippen LogP contribution in [0.15, 0.2) is 121 Å². The molecule has 2 aromatic heterocycles. The van der Waals surface area contributed by atoms with Crippen molar-refractivity contribution < 1.29 is 57.2 Å². The molecule has 5 aromatic carbocycles. The normalized spacial score (nSPS) is 13.0. The lowest BCUT2D eigenvalue weighted by Gasteiger charge is -2.25. The molecule has 502 valence electrons. The van der Waals surface area contributed by atoms with Crippen LogP contribution >= 0.6 is 0 Å². The van der Waals surface area contributed by atoms with E-state index in [9.17, 15) is 33.6 Å². The second-order valence-electron chi connectivity index (χ2n) is 23.4. The molecule has 0 bridgehead atoms. The van der Waals surface area contributed by atoms with E-state index in [2.05, 4.69) is 60.2 Å². The zero-order valence-electron chi connectivity index (χ0n) is 54.3. The van der Waals surface area contributed by atoms with Gasteiger partial charge in [0.25, 0.3) is 0 Å². The van der Waals surface area contributed by atoms with E-state index in [1.165, 1.54) is 0 Å². The number of ketones is 1. The van der Waals surface area contributed by atoms with E-state index in [0.717, 1.165) is 74.9 Å². The average Bonchev–Trinajstić information content (AvgIpc) is 1.64. The van der Waals surface area contributed by atoms with E-state index < -0.39 is 41.9 Å². The maximum atomic E-state index is 13.7. The largest absolute Gasteiger partial charge is 0.445 e. The summed E-state index contributed by atoms with van der Waals surface area (Å²) in [6.07, 6.45) is 3.34. The number of Topliss-reactive ketones (excluding diaryl/α,β-unsaturated/α-hetero) is 1. The summed E-state index contributed by atoms with van der Waals surface area (Å²) in [4.78, 5) is 100.